The van der Waals surface area contributed by atoms with Crippen LogP contribution in [0.25, 0.3) is 0 Å². The lowest BCUT2D eigenvalue weighted by Gasteiger charge is -2.12. The van der Waals surface area contributed by atoms with Crippen molar-refractivity contribution in [3.63, 3.8) is 0 Å². The summed E-state index contributed by atoms with van der Waals surface area (Å²) in [6, 6.07) is 7.02. The molecule has 30 heavy (non-hydrogen) atoms. The van der Waals surface area contributed by atoms with E-state index in [4.69, 9.17) is 0 Å². The van der Waals surface area contributed by atoms with E-state index in [1.165, 1.54) is 89.9 Å². The first kappa shape index (κ1) is 27.9. The Kier molecular flexibility index (Phi) is 16.2. The van der Waals surface area contributed by atoms with E-state index < -0.39 is 10.0 Å². The Labute approximate surface area is 200 Å². The monoisotopic (exact) mass is 549 g/mol. The first-order valence-corrected chi connectivity index (χ1v) is 14.9. The molecular formula is C25H44INO2S. The van der Waals surface area contributed by atoms with Gasteiger partial charge in [-0.2, -0.15) is 0 Å². The van der Waals surface area contributed by atoms with Crippen LogP contribution in [0, 0.1) is 6.92 Å². The Morgan fingerprint density at radius 1 is 0.767 bits per heavy atom. The van der Waals surface area contributed by atoms with Gasteiger partial charge in [-0.05, 0) is 25.5 Å². The van der Waals surface area contributed by atoms with Gasteiger partial charge in [-0.1, -0.05) is 137 Å². The van der Waals surface area contributed by atoms with Crippen molar-refractivity contribution in [3.8, 4) is 0 Å². The Balaban J connectivity index is 1.95. The van der Waals surface area contributed by atoms with Crippen molar-refractivity contribution in [3.05, 3.63) is 29.8 Å². The number of alkyl halides is 1. The zero-order valence-electron chi connectivity index (χ0n) is 19.3. The average molecular weight is 550 g/mol. The van der Waals surface area contributed by atoms with E-state index in [0.29, 0.717) is 15.4 Å². The molecule has 0 radical (unpaired) electrons. The number of aryl methyl sites for hydroxylation is 1. The van der Waals surface area contributed by atoms with Crippen LogP contribution >= 0.6 is 22.6 Å². The van der Waals surface area contributed by atoms with Crippen molar-refractivity contribution >= 4 is 32.6 Å². The predicted octanol–water partition coefficient (Wildman–Crippen LogP) is 7.95. The Morgan fingerprint density at radius 2 is 1.20 bits per heavy atom. The van der Waals surface area contributed by atoms with Crippen LogP contribution in [0.5, 0.6) is 0 Å². The van der Waals surface area contributed by atoms with Crippen molar-refractivity contribution < 1.29 is 8.42 Å². The largest absolute Gasteiger partial charge is 0.240 e. The molecule has 0 spiro atoms. The minimum absolute atomic E-state index is 0.347. The molecule has 1 atom stereocenters. The summed E-state index contributed by atoms with van der Waals surface area (Å²) < 4.78 is 27.8. The van der Waals surface area contributed by atoms with Gasteiger partial charge in [0.05, 0.1) is 4.90 Å². The number of halogens is 1. The molecule has 0 saturated heterocycles. The van der Waals surface area contributed by atoms with Crippen LogP contribution in [0.4, 0.5) is 0 Å². The van der Waals surface area contributed by atoms with E-state index in [2.05, 4.69) is 34.2 Å². The second-order valence-corrected chi connectivity index (χ2v) is 12.2. The van der Waals surface area contributed by atoms with Crippen molar-refractivity contribution in [2.75, 3.05) is 6.54 Å². The van der Waals surface area contributed by atoms with Crippen LogP contribution in [-0.4, -0.2) is 18.9 Å². The molecule has 0 aliphatic rings. The fourth-order valence-electron chi connectivity index (χ4n) is 3.66. The van der Waals surface area contributed by atoms with Gasteiger partial charge in [0.2, 0.25) is 10.0 Å². The molecule has 0 heterocycles. The Bertz CT molecular complexity index is 631. The quantitative estimate of drug-likeness (QED) is 0.108. The van der Waals surface area contributed by atoms with Gasteiger partial charge in [-0.25, -0.2) is 13.1 Å². The van der Waals surface area contributed by atoms with Crippen LogP contribution in [0.2, 0.25) is 0 Å². The maximum Gasteiger partial charge on any atom is 0.240 e. The van der Waals surface area contributed by atoms with Crippen LogP contribution in [0.1, 0.15) is 109 Å². The molecular weight excluding hydrogens is 505 g/mol. The highest BCUT2D eigenvalue weighted by molar-refractivity contribution is 14.1. The summed E-state index contributed by atoms with van der Waals surface area (Å²) in [4.78, 5) is 0.355. The average Bonchev–Trinajstić information content (AvgIpc) is 2.73. The molecule has 174 valence electrons. The minimum Gasteiger partial charge on any atom is -0.210 e. The molecule has 0 saturated carbocycles. The number of hydrogen-bond donors (Lipinski definition) is 1. The van der Waals surface area contributed by atoms with Gasteiger partial charge < -0.3 is 0 Å². The van der Waals surface area contributed by atoms with Gasteiger partial charge >= 0.3 is 0 Å². The number of unbranched alkanes of at least 4 members (excludes halogenated alkanes) is 13. The topological polar surface area (TPSA) is 46.2 Å². The summed E-state index contributed by atoms with van der Waals surface area (Å²) in [5.41, 5.74) is 1.07. The predicted molar refractivity (Wildman–Crippen MR) is 139 cm³/mol. The van der Waals surface area contributed by atoms with Gasteiger partial charge in [0.25, 0.3) is 0 Å². The molecule has 1 aromatic rings. The summed E-state index contributed by atoms with van der Waals surface area (Å²) >= 11 is 2.38. The van der Waals surface area contributed by atoms with Gasteiger partial charge in [0.1, 0.15) is 0 Å². The molecule has 0 unspecified atom stereocenters. The zero-order valence-corrected chi connectivity index (χ0v) is 22.3. The standard InChI is InChI=1S/C25H44INO2S/c1-3-4-5-6-7-8-9-10-11-12-13-14-15-16-17-24(26)22-27-30(28,29)25-20-18-23(2)19-21-25/h18-21,24,27H,3-17,22H2,1-2H3/t24-/m0/s1. The minimum atomic E-state index is -3.39. The van der Waals surface area contributed by atoms with Gasteiger partial charge in [0, 0.05) is 10.5 Å². The summed E-state index contributed by atoms with van der Waals surface area (Å²) in [5.74, 6) is 0. The maximum atomic E-state index is 12.3. The molecule has 3 nitrogen and oxygen atoms in total. The van der Waals surface area contributed by atoms with Crippen molar-refractivity contribution in [1.29, 1.82) is 0 Å². The van der Waals surface area contributed by atoms with Crippen molar-refractivity contribution in [2.24, 2.45) is 0 Å². The lowest BCUT2D eigenvalue weighted by Crippen LogP contribution is -2.29. The Morgan fingerprint density at radius 3 is 1.67 bits per heavy atom. The van der Waals surface area contributed by atoms with E-state index in [9.17, 15) is 8.42 Å². The first-order chi connectivity index (χ1) is 14.5. The number of nitrogens with one attached hydrogen (secondary N) is 1. The summed E-state index contributed by atoms with van der Waals surface area (Å²) in [5, 5.41) is 0. The van der Waals surface area contributed by atoms with E-state index in [1.807, 2.05) is 19.1 Å². The zero-order chi connectivity index (χ0) is 22.1. The van der Waals surface area contributed by atoms with E-state index >= 15 is 0 Å². The van der Waals surface area contributed by atoms with Crippen LogP contribution in [0.15, 0.2) is 29.2 Å². The SMILES string of the molecule is CCCCCCCCCCCCCCCC[C@H](I)CNS(=O)(=O)c1ccc(C)cc1. The molecule has 0 bridgehead atoms. The molecule has 1 aromatic carbocycles. The summed E-state index contributed by atoms with van der Waals surface area (Å²) in [6.45, 7) is 4.74. The van der Waals surface area contributed by atoms with Crippen LogP contribution in [0.3, 0.4) is 0 Å². The normalized spacial score (nSPS) is 12.9. The van der Waals surface area contributed by atoms with Crippen LogP contribution in [-0.2, 0) is 10.0 Å². The third-order valence-electron chi connectivity index (χ3n) is 5.70. The fourth-order valence-corrected chi connectivity index (χ4v) is 5.70. The number of sulfonamides is 1. The number of hydrogen-bond acceptors (Lipinski definition) is 2. The second-order valence-electron chi connectivity index (χ2n) is 8.65. The Hall–Kier alpha value is -0.140. The molecule has 0 aliphatic carbocycles. The molecule has 5 heteroatoms. The van der Waals surface area contributed by atoms with Gasteiger partial charge in [0.15, 0.2) is 0 Å². The van der Waals surface area contributed by atoms with Gasteiger partial charge in [-0.3, -0.25) is 0 Å². The second kappa shape index (κ2) is 17.4. The molecule has 1 rings (SSSR count). The summed E-state index contributed by atoms with van der Waals surface area (Å²) in [7, 11) is -3.39. The molecule has 0 aromatic heterocycles. The van der Waals surface area contributed by atoms with E-state index in [-0.39, 0.29) is 0 Å². The third kappa shape index (κ3) is 14.0. The van der Waals surface area contributed by atoms with E-state index in [0.717, 1.165) is 12.0 Å². The number of rotatable bonds is 19. The van der Waals surface area contributed by atoms with Crippen molar-refractivity contribution in [2.45, 2.75) is 119 Å². The smallest absolute Gasteiger partial charge is 0.210 e. The molecule has 0 aliphatic heterocycles. The number of benzene rings is 1. The lowest BCUT2D eigenvalue weighted by molar-refractivity contribution is 0.530. The lowest BCUT2D eigenvalue weighted by atomic mass is 10.0. The summed E-state index contributed by atoms with van der Waals surface area (Å²) in [6.07, 6.45) is 20.2. The highest BCUT2D eigenvalue weighted by atomic mass is 127. The van der Waals surface area contributed by atoms with Crippen LogP contribution < -0.4 is 4.72 Å². The van der Waals surface area contributed by atoms with E-state index in [1.54, 1.807) is 12.1 Å². The third-order valence-corrected chi connectivity index (χ3v) is 8.20. The molecule has 1 N–H and O–H groups in total. The highest BCUT2D eigenvalue weighted by Gasteiger charge is 2.15. The van der Waals surface area contributed by atoms with Crippen molar-refractivity contribution in [1.82, 2.24) is 4.72 Å². The first-order valence-electron chi connectivity index (χ1n) is 12.2. The van der Waals surface area contributed by atoms with Gasteiger partial charge in [-0.15, -0.1) is 0 Å². The molecule has 0 amide bonds. The maximum absolute atomic E-state index is 12.3. The highest BCUT2D eigenvalue weighted by Crippen LogP contribution is 2.16. The molecule has 0 fully saturated rings. The fraction of sp³-hybridized carbons (Fsp3) is 0.760.